The molecule has 31 heteroatoms. The number of aromatic nitrogens is 4. The van der Waals surface area contributed by atoms with Gasteiger partial charge in [-0.3, -0.25) is 19.2 Å². The van der Waals surface area contributed by atoms with Gasteiger partial charge in [-0.1, -0.05) is 36.4 Å². The lowest BCUT2D eigenvalue weighted by molar-refractivity contribution is -0.147. The third-order valence-electron chi connectivity index (χ3n) is 13.2. The van der Waals surface area contributed by atoms with Gasteiger partial charge in [-0.2, -0.15) is 17.6 Å². The van der Waals surface area contributed by atoms with Crippen LogP contribution in [0.1, 0.15) is 50.7 Å². The summed E-state index contributed by atoms with van der Waals surface area (Å²) in [5.74, 6) is -0.347. The van der Waals surface area contributed by atoms with Crippen LogP contribution in [0.4, 0.5) is 52.2 Å². The molecule has 17 nitrogen and oxygen atoms in total. The van der Waals surface area contributed by atoms with Crippen molar-refractivity contribution in [2.75, 3.05) is 47.9 Å². The van der Waals surface area contributed by atoms with Crippen molar-refractivity contribution < 1.29 is 51.3 Å². The van der Waals surface area contributed by atoms with E-state index in [-0.39, 0.29) is 41.1 Å². The highest BCUT2D eigenvalue weighted by molar-refractivity contribution is 8.00. The number of carbonyl (C=O) groups is 4. The molecule has 0 spiro atoms. The second kappa shape index (κ2) is 32.2. The summed E-state index contributed by atoms with van der Waals surface area (Å²) in [4.78, 5) is 67.0. The van der Waals surface area contributed by atoms with E-state index < -0.39 is 44.7 Å². The van der Waals surface area contributed by atoms with Crippen LogP contribution in [0.2, 0.25) is 0 Å². The zero-order valence-corrected chi connectivity index (χ0v) is 46.3. The van der Waals surface area contributed by atoms with Gasteiger partial charge < -0.3 is 46.1 Å². The average Bonchev–Trinajstić information content (AvgIpc) is 3.55. The highest BCUT2D eigenvalue weighted by atomic mass is 19.3. The van der Waals surface area contributed by atoms with Crippen molar-refractivity contribution in [3.05, 3.63) is 121 Å². The Morgan fingerprint density at radius 1 is 0.627 bits per heavy atom. The molecule has 2 aliphatic heterocycles. The van der Waals surface area contributed by atoms with E-state index in [0.29, 0.717) is 86.4 Å². The number of nitrogens with zero attached hydrogens (tertiary/aromatic N) is 6. The van der Waals surface area contributed by atoms with Crippen molar-refractivity contribution in [2.24, 2.45) is 11.8 Å². The lowest BCUT2D eigenvalue weighted by atomic mass is 8.58. The maximum Gasteiger partial charge on any atom is 0.387 e. The molecule has 8 rings (SSSR count). The number of halogens is 4. The number of nitrogens with one attached hydrogen (secondary N) is 3. The first-order chi connectivity index (χ1) is 39.4. The monoisotopic (exact) mass is 1120 g/mol. The van der Waals surface area contributed by atoms with E-state index >= 15 is 0 Å². The van der Waals surface area contributed by atoms with Crippen LogP contribution >= 0.6 is 0 Å². The summed E-state index contributed by atoms with van der Waals surface area (Å²) >= 11 is 0. The molecule has 3 amide bonds. The lowest BCUT2D eigenvalue weighted by Gasteiger charge is -2.31. The van der Waals surface area contributed by atoms with Gasteiger partial charge in [0.25, 0.3) is 0 Å². The van der Waals surface area contributed by atoms with Crippen LogP contribution in [0, 0.1) is 25.7 Å². The fourth-order valence-corrected chi connectivity index (χ4v) is 8.41. The van der Waals surface area contributed by atoms with Crippen LogP contribution in [0.5, 0.6) is 11.5 Å². The number of alkyl halides is 4. The quantitative estimate of drug-likeness (QED) is 0.0384. The van der Waals surface area contributed by atoms with E-state index in [2.05, 4.69) is 45.4 Å². The van der Waals surface area contributed by atoms with Crippen molar-refractivity contribution in [2.45, 2.75) is 66.6 Å². The van der Waals surface area contributed by atoms with Gasteiger partial charge in [-0.25, -0.2) is 19.9 Å². The molecule has 4 aromatic carbocycles. The normalized spacial score (nSPS) is 14.5. The first-order valence-corrected chi connectivity index (χ1v) is 26.3. The first-order valence-electron chi connectivity index (χ1n) is 26.3. The maximum atomic E-state index is 12.9. The van der Waals surface area contributed by atoms with Gasteiger partial charge in [0, 0.05) is 170 Å². The van der Waals surface area contributed by atoms with Gasteiger partial charge in [-0.15, -0.1) is 0 Å². The SMILES string of the molecule is CCN1CC(C(=O)Nc2cc(Nc3ncc(-c4ccc(OC(F)F)cc4)cn3)ccc2C)CCC1=O.CCN1CC(C(=O)O)CCC1=O.Cc1ccc(Nc2ncc(-c3ccc(OC(F)F)cc3)cn2)cc1N.[B]B([B])B(B([B])[B])B([B])[B]. The number of anilines is 6. The van der Waals surface area contributed by atoms with Crippen LogP contribution in [0.15, 0.2) is 110 Å². The molecular formula is C52H56B10F4N10O7. The van der Waals surface area contributed by atoms with E-state index in [1.165, 1.54) is 24.3 Å². The molecule has 0 aliphatic carbocycles. The number of nitrogens with two attached hydrogens (primary N) is 1. The molecular weight excluding hydrogens is 1060 g/mol. The van der Waals surface area contributed by atoms with E-state index in [1.807, 2.05) is 64.1 Å². The molecule has 4 heterocycles. The van der Waals surface area contributed by atoms with E-state index in [4.69, 9.17) is 57.3 Å². The summed E-state index contributed by atoms with van der Waals surface area (Å²) in [6.07, 6.45) is 5.90. The highest BCUT2D eigenvalue weighted by Crippen LogP contribution is 2.28. The Morgan fingerprint density at radius 3 is 1.40 bits per heavy atom. The molecule has 6 aromatic rings. The number of rotatable bonds is 18. The fourth-order valence-electron chi connectivity index (χ4n) is 8.41. The summed E-state index contributed by atoms with van der Waals surface area (Å²) in [6, 6.07) is 23.7. The smallest absolute Gasteiger partial charge is 0.387 e. The average molecular weight is 1120 g/mol. The van der Waals surface area contributed by atoms with E-state index in [0.717, 1.165) is 33.5 Å². The summed E-state index contributed by atoms with van der Waals surface area (Å²) in [7, 11) is 31.8. The standard InChI is InChI=1S/C26H27F2N5O3.C18H16F2N4O.C8H13NO3.B10/c1-3-33-15-18(7-11-23(33)34)24(35)32-22-12-20(8-4-16(22)2)31-26-29-13-19(14-30-26)17-5-9-21(10-6-17)36-25(27)28;1-11-2-5-14(8-16(11)21)24-18-22-9-13(10-23-18)12-3-6-15(7-4-12)25-17(19)20;1-2-9-5-6(8(11)12)3-4-7(9)10;1-7(2)10(8(3)4)9(5)6/h4-6,8-10,12-14,18,25H,3,7,11,15H2,1-2H3,(H,32,35)(H,29,30,31);2-10,17H,21H2,1H3,(H,22,23,24);6H,2-5H2,1H3,(H,11,12);. The maximum absolute atomic E-state index is 12.9. The largest absolute Gasteiger partial charge is 0.481 e. The third-order valence-corrected chi connectivity index (χ3v) is 13.2. The number of carboxylic acids is 1. The lowest BCUT2D eigenvalue weighted by Crippen LogP contribution is -2.62. The molecule has 83 heavy (non-hydrogen) atoms. The number of carboxylic acid groups (broad SMARTS) is 1. The zero-order valence-electron chi connectivity index (χ0n) is 46.3. The minimum absolute atomic E-state index is 0.0786. The number of ether oxygens (including phenoxy) is 2. The Labute approximate surface area is 490 Å². The predicted octanol–water partition coefficient (Wildman–Crippen LogP) is 5.89. The van der Waals surface area contributed by atoms with Crippen LogP contribution in [0.3, 0.4) is 0 Å². The number of likely N-dealkylation sites (tertiary alicyclic amines) is 2. The minimum Gasteiger partial charge on any atom is -0.481 e. The number of aliphatic carboxylic acids is 1. The molecule has 2 fully saturated rings. The van der Waals surface area contributed by atoms with Crippen LogP contribution in [-0.4, -0.2) is 170 Å². The van der Waals surface area contributed by atoms with Gasteiger partial charge >= 0.3 is 19.2 Å². The summed E-state index contributed by atoms with van der Waals surface area (Å²) in [5.41, 5.74) is 13.7. The van der Waals surface area contributed by atoms with Gasteiger partial charge in [0.05, 0.1) is 11.8 Å². The molecule has 2 unspecified atom stereocenters. The number of benzene rings is 4. The summed E-state index contributed by atoms with van der Waals surface area (Å²) in [6.45, 7) is 3.93. The second-order valence-corrected chi connectivity index (χ2v) is 19.2. The fraction of sp³-hybridized carbons (Fsp3) is 0.308. The van der Waals surface area contributed by atoms with Crippen molar-refractivity contribution in [3.8, 4) is 33.8 Å². The molecule has 0 bridgehead atoms. The van der Waals surface area contributed by atoms with Crippen LogP contribution in [-0.2, 0) is 19.2 Å². The molecule has 414 valence electrons. The number of aryl methyl sites for hydroxylation is 2. The van der Waals surface area contributed by atoms with Crippen molar-refractivity contribution in [1.82, 2.24) is 29.7 Å². The predicted molar refractivity (Wildman–Crippen MR) is 325 cm³/mol. The van der Waals surface area contributed by atoms with E-state index in [1.54, 1.807) is 58.9 Å². The Kier molecular flexibility index (Phi) is 25.7. The van der Waals surface area contributed by atoms with E-state index in [9.17, 15) is 36.7 Å². The van der Waals surface area contributed by atoms with Crippen LogP contribution in [0.25, 0.3) is 22.3 Å². The molecule has 2 aromatic heterocycles. The van der Waals surface area contributed by atoms with Gasteiger partial charge in [-0.05, 0) is 111 Å². The number of amides is 3. The summed E-state index contributed by atoms with van der Waals surface area (Å²) in [5, 5.41) is 17.9. The third kappa shape index (κ3) is 20.9. The Balaban J connectivity index is 0.000000230. The van der Waals surface area contributed by atoms with Crippen molar-refractivity contribution in [1.29, 1.82) is 0 Å². The first kappa shape index (κ1) is 66.1. The molecule has 2 aliphatic rings. The number of carbonyl (C=O) groups excluding carboxylic acids is 3. The number of hydrogen-bond donors (Lipinski definition) is 5. The molecule has 2 saturated heterocycles. The van der Waals surface area contributed by atoms with Crippen molar-refractivity contribution >= 4 is 130 Å². The number of nitrogen functional groups attached to an aromatic ring is 1. The van der Waals surface area contributed by atoms with Gasteiger partial charge in [0.15, 0.2) is 0 Å². The minimum atomic E-state index is -2.87. The molecule has 2 atom stereocenters. The van der Waals surface area contributed by atoms with Gasteiger partial charge in [0.2, 0.25) is 29.6 Å². The topological polar surface area (TPSA) is 227 Å². The highest BCUT2D eigenvalue weighted by Gasteiger charge is 2.31. The Morgan fingerprint density at radius 2 is 1.02 bits per heavy atom. The Hall–Kier alpha value is -7.71. The zero-order chi connectivity index (χ0) is 60.9. The summed E-state index contributed by atoms with van der Waals surface area (Å²) < 4.78 is 57.6. The van der Waals surface area contributed by atoms with Gasteiger partial charge in [0.1, 0.15) is 11.5 Å². The Bertz CT molecular complexity index is 3050. The molecule has 6 N–H and O–H groups in total. The number of piperidine rings is 2. The molecule has 12 radical (unpaired) electrons. The van der Waals surface area contributed by atoms with Crippen LogP contribution < -0.4 is 31.2 Å². The van der Waals surface area contributed by atoms with Crippen molar-refractivity contribution in [3.63, 3.8) is 0 Å². The molecule has 0 saturated carbocycles. The second-order valence-electron chi connectivity index (χ2n) is 19.2. The number of hydrogen-bond acceptors (Lipinski definition) is 13.